The van der Waals surface area contributed by atoms with Crippen molar-refractivity contribution in [3.63, 3.8) is 0 Å². The molecule has 0 aromatic rings. The molecule has 0 aliphatic rings. The molecule has 22 heavy (non-hydrogen) atoms. The Morgan fingerprint density at radius 2 is 1.14 bits per heavy atom. The van der Waals surface area contributed by atoms with Crippen molar-refractivity contribution in [2.45, 2.75) is 55.8 Å². The molecule has 0 aliphatic heterocycles. The monoisotopic (exact) mass is 346 g/mol. The summed E-state index contributed by atoms with van der Waals surface area (Å²) in [5, 5.41) is 8.27. The number of aliphatic hydroxyl groups excluding tert-OH is 1. The van der Waals surface area contributed by atoms with Crippen LogP contribution in [0.3, 0.4) is 0 Å². The Labute approximate surface area is 120 Å². The Morgan fingerprint density at radius 3 is 1.50 bits per heavy atom. The molecule has 1 N–H and O–H groups in total. The lowest BCUT2D eigenvalue weighted by Crippen LogP contribution is -2.62. The molecule has 0 atom stereocenters. The first kappa shape index (κ1) is 21.1. The van der Waals surface area contributed by atoms with Gasteiger partial charge in [-0.2, -0.15) is 35.1 Å². The van der Waals surface area contributed by atoms with E-state index in [1.807, 2.05) is 0 Å². The normalized spacial score (nSPS) is 14.8. The molecule has 0 spiro atoms. The largest absolute Gasteiger partial charge is 0.396 e. The topological polar surface area (TPSA) is 20.2 Å². The molecule has 0 bridgehead atoms. The molecule has 0 radical (unpaired) electrons. The third kappa shape index (κ3) is 4.30. The fourth-order valence-electron chi connectivity index (χ4n) is 1.58. The zero-order chi connectivity index (χ0) is 17.7. The van der Waals surface area contributed by atoms with Crippen LogP contribution in [0.25, 0.3) is 0 Å². The fraction of sp³-hybridized carbons (Fsp3) is 0.833. The van der Waals surface area contributed by atoms with E-state index in [0.717, 1.165) is 0 Å². The first-order chi connectivity index (χ1) is 9.87. The van der Waals surface area contributed by atoms with Gasteiger partial charge in [0.05, 0.1) is 6.33 Å². The molecule has 0 amide bonds. The number of unbranched alkanes of at least 4 members (excludes halogenated alkanes) is 1. The van der Waals surface area contributed by atoms with Crippen LogP contribution in [-0.4, -0.2) is 35.4 Å². The number of aliphatic hydroxyl groups is 1. The third-order valence-electron chi connectivity index (χ3n) is 2.91. The lowest BCUT2D eigenvalue weighted by atomic mass is 9.93. The predicted molar refractivity (Wildman–Crippen MR) is 60.2 cm³/mol. The first-order valence-electron chi connectivity index (χ1n) is 6.24. The van der Waals surface area contributed by atoms with Gasteiger partial charge in [-0.05, 0) is 19.3 Å². The van der Waals surface area contributed by atoms with Crippen LogP contribution in [0.2, 0.25) is 0 Å². The van der Waals surface area contributed by atoms with E-state index in [-0.39, 0.29) is 6.33 Å². The first-order valence-corrected chi connectivity index (χ1v) is 6.24. The summed E-state index contributed by atoms with van der Waals surface area (Å²) in [6.07, 6.45) is -5.21. The number of allylic oxidation sites excluding steroid dienone is 1. The minimum atomic E-state index is -6.30. The molecule has 1 nitrogen and oxygen atoms in total. The van der Waals surface area contributed by atoms with Crippen LogP contribution in [0.15, 0.2) is 12.4 Å². The van der Waals surface area contributed by atoms with Crippen molar-refractivity contribution in [2.75, 3.05) is 6.61 Å². The highest BCUT2D eigenvalue weighted by atomic mass is 19.4. The maximum atomic E-state index is 13.3. The molecule has 0 heterocycles. The molecule has 0 rings (SSSR count). The van der Waals surface area contributed by atoms with E-state index in [1.165, 1.54) is 0 Å². The molecular weight excluding hydrogens is 331 g/mol. The lowest BCUT2D eigenvalue weighted by Gasteiger charge is -2.36. The third-order valence-corrected chi connectivity index (χ3v) is 2.91. The van der Waals surface area contributed by atoms with E-state index >= 15 is 0 Å². The number of rotatable bonds is 10. The van der Waals surface area contributed by atoms with Gasteiger partial charge in [-0.1, -0.05) is 6.08 Å². The molecule has 0 aromatic heterocycles. The highest BCUT2D eigenvalue weighted by Gasteiger charge is 2.79. The minimum Gasteiger partial charge on any atom is -0.396 e. The summed E-state index contributed by atoms with van der Waals surface area (Å²) in [7, 11) is 0. The van der Waals surface area contributed by atoms with E-state index in [4.69, 9.17) is 5.11 Å². The van der Waals surface area contributed by atoms with Crippen LogP contribution >= 0.6 is 0 Å². The zero-order valence-corrected chi connectivity index (χ0v) is 11.2. The van der Waals surface area contributed by atoms with E-state index in [0.29, 0.717) is 6.08 Å². The maximum absolute atomic E-state index is 13.3. The molecule has 0 aliphatic carbocycles. The van der Waals surface area contributed by atoms with Crippen LogP contribution < -0.4 is 0 Å². The van der Waals surface area contributed by atoms with Crippen LogP contribution in [0.1, 0.15) is 32.1 Å². The van der Waals surface area contributed by atoms with Crippen LogP contribution in [0, 0.1) is 0 Å². The van der Waals surface area contributed by atoms with E-state index in [9.17, 15) is 39.5 Å². The summed E-state index contributed by atoms with van der Waals surface area (Å²) >= 11 is 0. The summed E-state index contributed by atoms with van der Waals surface area (Å²) in [5.41, 5.74) is 0. The van der Waals surface area contributed by atoms with E-state index in [1.54, 1.807) is 0 Å². The van der Waals surface area contributed by atoms with Gasteiger partial charge in [-0.25, -0.2) is 4.39 Å². The van der Waals surface area contributed by atoms with Gasteiger partial charge < -0.3 is 5.11 Å². The van der Waals surface area contributed by atoms with Crippen LogP contribution in [0.4, 0.5) is 39.5 Å². The fourth-order valence-corrected chi connectivity index (χ4v) is 1.58. The molecule has 0 saturated carbocycles. The average Bonchev–Trinajstić information content (AvgIpc) is 2.40. The van der Waals surface area contributed by atoms with Crippen LogP contribution in [-0.2, 0) is 0 Å². The standard InChI is InChI=1S/C12H15F9O/c13-7-3-1-2-5-9(14,15)11(18,19)12(20,21)10(16,17)6-4-8-22/h3,7,22H,1-2,4-6,8H2/b7-3+. The summed E-state index contributed by atoms with van der Waals surface area (Å²) < 4.78 is 117. The second-order valence-corrected chi connectivity index (χ2v) is 4.64. The summed E-state index contributed by atoms with van der Waals surface area (Å²) in [4.78, 5) is 0. The van der Waals surface area contributed by atoms with Gasteiger partial charge in [0.1, 0.15) is 0 Å². The van der Waals surface area contributed by atoms with E-state index < -0.39 is 62.4 Å². The summed E-state index contributed by atoms with van der Waals surface area (Å²) in [6, 6.07) is 0. The Bertz CT molecular complexity index is 366. The smallest absolute Gasteiger partial charge is 0.378 e. The van der Waals surface area contributed by atoms with Gasteiger partial charge in [-0.3, -0.25) is 0 Å². The molecule has 0 saturated heterocycles. The highest BCUT2D eigenvalue weighted by molar-refractivity contribution is 5.03. The van der Waals surface area contributed by atoms with Crippen molar-refractivity contribution in [1.82, 2.24) is 0 Å². The SMILES string of the molecule is OCCCC(F)(F)C(F)(F)C(F)(F)C(F)(F)CCC/C=C/F. The summed E-state index contributed by atoms with van der Waals surface area (Å²) in [6.45, 7) is -0.983. The summed E-state index contributed by atoms with van der Waals surface area (Å²) in [5.74, 6) is -23.4. The second-order valence-electron chi connectivity index (χ2n) is 4.64. The molecular formula is C12H15F9O. The van der Waals surface area contributed by atoms with E-state index in [2.05, 4.69) is 0 Å². The Balaban J connectivity index is 5.21. The van der Waals surface area contributed by atoms with Gasteiger partial charge in [-0.15, -0.1) is 0 Å². The Hall–Kier alpha value is -0.930. The molecule has 0 aromatic carbocycles. The van der Waals surface area contributed by atoms with Crippen LogP contribution in [0.5, 0.6) is 0 Å². The Kier molecular flexibility index (Phi) is 7.24. The molecule has 10 heteroatoms. The van der Waals surface area contributed by atoms with Gasteiger partial charge >= 0.3 is 23.7 Å². The maximum Gasteiger partial charge on any atom is 0.378 e. The number of halogens is 9. The van der Waals surface area contributed by atoms with Crippen molar-refractivity contribution in [3.8, 4) is 0 Å². The van der Waals surface area contributed by atoms with Gasteiger partial charge in [0, 0.05) is 19.4 Å². The minimum absolute atomic E-state index is 0.0477. The van der Waals surface area contributed by atoms with Crippen molar-refractivity contribution in [3.05, 3.63) is 12.4 Å². The number of hydrogen-bond acceptors (Lipinski definition) is 1. The predicted octanol–water partition coefficient (Wildman–Crippen LogP) is 4.95. The van der Waals surface area contributed by atoms with Gasteiger partial charge in [0.2, 0.25) is 0 Å². The highest BCUT2D eigenvalue weighted by Crippen LogP contribution is 2.55. The number of hydrogen-bond donors (Lipinski definition) is 1. The average molecular weight is 346 g/mol. The lowest BCUT2D eigenvalue weighted by molar-refractivity contribution is -0.368. The molecule has 0 unspecified atom stereocenters. The zero-order valence-electron chi connectivity index (χ0n) is 11.2. The van der Waals surface area contributed by atoms with Gasteiger partial charge in [0.25, 0.3) is 0 Å². The molecule has 132 valence electrons. The van der Waals surface area contributed by atoms with Crippen molar-refractivity contribution >= 4 is 0 Å². The second kappa shape index (κ2) is 7.56. The van der Waals surface area contributed by atoms with Gasteiger partial charge in [0.15, 0.2) is 0 Å². The van der Waals surface area contributed by atoms with Crippen molar-refractivity contribution in [1.29, 1.82) is 0 Å². The van der Waals surface area contributed by atoms with Crippen molar-refractivity contribution < 1.29 is 44.6 Å². The quantitative estimate of drug-likeness (QED) is 0.438. The number of alkyl halides is 8. The Morgan fingerprint density at radius 1 is 0.727 bits per heavy atom. The van der Waals surface area contributed by atoms with Crippen molar-refractivity contribution in [2.24, 2.45) is 0 Å². The molecule has 0 fully saturated rings.